The smallest absolute Gasteiger partial charge is 0.342 e. The minimum absolute atomic E-state index is 0.109. The zero-order valence-electron chi connectivity index (χ0n) is 6.56. The van der Waals surface area contributed by atoms with E-state index >= 15 is 0 Å². The van der Waals surface area contributed by atoms with Gasteiger partial charge in [-0.25, -0.2) is 4.79 Å². The van der Waals surface area contributed by atoms with Gasteiger partial charge in [0.2, 0.25) is 0 Å². The third kappa shape index (κ3) is 1.18. The van der Waals surface area contributed by atoms with E-state index in [1.165, 1.54) is 12.2 Å². The van der Waals surface area contributed by atoms with Gasteiger partial charge < -0.3 is 9.84 Å². The molecule has 5 heteroatoms. The van der Waals surface area contributed by atoms with E-state index in [4.69, 9.17) is 5.73 Å². The Bertz CT molecular complexity index is 353. The van der Waals surface area contributed by atoms with E-state index in [0.717, 1.165) is 6.08 Å². The number of cyclic esters (lactones) is 2. The third-order valence-corrected chi connectivity index (χ3v) is 1.96. The van der Waals surface area contributed by atoms with Crippen LogP contribution in [0, 0.1) is 5.92 Å². The van der Waals surface area contributed by atoms with Crippen molar-refractivity contribution >= 4 is 11.9 Å². The Hall–Kier alpha value is -1.46. The number of carbonyl (C=O) groups is 2. The maximum atomic E-state index is 11.0. The molecule has 3 N–H and O–H groups in total. The van der Waals surface area contributed by atoms with Gasteiger partial charge in [-0.05, 0) is 12.2 Å². The first-order chi connectivity index (χ1) is 5.99. The van der Waals surface area contributed by atoms with Gasteiger partial charge in [-0.15, -0.1) is 0 Å². The van der Waals surface area contributed by atoms with Gasteiger partial charge >= 0.3 is 11.9 Å². The van der Waals surface area contributed by atoms with Crippen molar-refractivity contribution in [1.29, 1.82) is 0 Å². The highest BCUT2D eigenvalue weighted by Crippen LogP contribution is 2.29. The van der Waals surface area contributed by atoms with Crippen LogP contribution in [0.2, 0.25) is 0 Å². The largest absolute Gasteiger partial charge is 0.389 e. The normalized spacial score (nSPS) is 37.1. The second-order valence-electron chi connectivity index (χ2n) is 3.03. The van der Waals surface area contributed by atoms with Crippen LogP contribution in [-0.4, -0.2) is 22.8 Å². The number of esters is 2. The molecule has 0 saturated carbocycles. The molecule has 0 aromatic rings. The van der Waals surface area contributed by atoms with Gasteiger partial charge in [-0.2, -0.15) is 0 Å². The molecule has 68 valence electrons. The summed E-state index contributed by atoms with van der Waals surface area (Å²) in [6, 6.07) is 0. The topological polar surface area (TPSA) is 89.6 Å². The standard InChI is InChI=1S/C8H7NO4/c9-8(12)2-1-4-5(3-8)7(11)13-6(4)10/h1-4,12H,9H2. The summed E-state index contributed by atoms with van der Waals surface area (Å²) >= 11 is 0. The summed E-state index contributed by atoms with van der Waals surface area (Å²) in [7, 11) is 0. The highest BCUT2D eigenvalue weighted by Gasteiger charge is 2.41. The maximum absolute atomic E-state index is 11.0. The fourth-order valence-electron chi connectivity index (χ4n) is 1.35. The van der Waals surface area contributed by atoms with Crippen LogP contribution in [0.3, 0.4) is 0 Å². The van der Waals surface area contributed by atoms with Crippen molar-refractivity contribution in [1.82, 2.24) is 0 Å². The number of hydrogen-bond acceptors (Lipinski definition) is 5. The lowest BCUT2D eigenvalue weighted by Crippen LogP contribution is -2.37. The zero-order valence-corrected chi connectivity index (χ0v) is 6.56. The van der Waals surface area contributed by atoms with Crippen molar-refractivity contribution in [3.05, 3.63) is 23.8 Å². The van der Waals surface area contributed by atoms with Crippen LogP contribution < -0.4 is 5.73 Å². The monoisotopic (exact) mass is 181 g/mol. The maximum Gasteiger partial charge on any atom is 0.342 e. The first kappa shape index (κ1) is 8.15. The molecule has 0 radical (unpaired) electrons. The Morgan fingerprint density at radius 2 is 2.23 bits per heavy atom. The van der Waals surface area contributed by atoms with Crippen molar-refractivity contribution in [2.24, 2.45) is 11.7 Å². The van der Waals surface area contributed by atoms with Crippen molar-refractivity contribution < 1.29 is 19.4 Å². The minimum atomic E-state index is -1.66. The Balaban J connectivity index is 2.45. The van der Waals surface area contributed by atoms with Crippen molar-refractivity contribution in [2.45, 2.75) is 5.72 Å². The molecule has 2 aliphatic rings. The van der Waals surface area contributed by atoms with E-state index in [9.17, 15) is 14.7 Å². The third-order valence-electron chi connectivity index (χ3n) is 1.96. The lowest BCUT2D eigenvalue weighted by molar-refractivity contribution is -0.152. The second kappa shape index (κ2) is 2.27. The Kier molecular flexibility index (Phi) is 1.43. The molecule has 0 aromatic carbocycles. The van der Waals surface area contributed by atoms with Gasteiger partial charge in [0.15, 0.2) is 5.72 Å². The molecule has 1 aliphatic carbocycles. The molecule has 2 rings (SSSR count). The van der Waals surface area contributed by atoms with Crippen LogP contribution >= 0.6 is 0 Å². The molecular weight excluding hydrogens is 174 g/mol. The summed E-state index contributed by atoms with van der Waals surface area (Å²) < 4.78 is 4.34. The summed E-state index contributed by atoms with van der Waals surface area (Å²) in [6.45, 7) is 0. The van der Waals surface area contributed by atoms with Crippen LogP contribution in [0.4, 0.5) is 0 Å². The van der Waals surface area contributed by atoms with Gasteiger partial charge in [0.25, 0.3) is 0 Å². The molecule has 1 aliphatic heterocycles. The average Bonchev–Trinajstić information content (AvgIpc) is 2.26. The highest BCUT2D eigenvalue weighted by atomic mass is 16.6. The number of ether oxygens (including phenoxy) is 1. The van der Waals surface area contributed by atoms with Crippen LogP contribution in [0.25, 0.3) is 0 Å². The summed E-state index contributed by atoms with van der Waals surface area (Å²) in [5, 5.41) is 9.32. The molecule has 0 bridgehead atoms. The SMILES string of the molecule is NC1(O)C=CC2C(=O)OC(=O)C2=C1. The van der Waals surface area contributed by atoms with Gasteiger partial charge in [0.1, 0.15) is 5.92 Å². The average molecular weight is 181 g/mol. The number of fused-ring (bicyclic) bond motifs is 1. The molecule has 5 nitrogen and oxygen atoms in total. The predicted octanol–water partition coefficient (Wildman–Crippen LogP) is -1.17. The first-order valence-electron chi connectivity index (χ1n) is 3.69. The van der Waals surface area contributed by atoms with Crippen molar-refractivity contribution in [2.75, 3.05) is 0 Å². The van der Waals surface area contributed by atoms with Crippen LogP contribution in [0.5, 0.6) is 0 Å². The van der Waals surface area contributed by atoms with E-state index in [2.05, 4.69) is 4.74 Å². The van der Waals surface area contributed by atoms with Gasteiger partial charge in [0.05, 0.1) is 5.57 Å². The van der Waals surface area contributed by atoms with Crippen molar-refractivity contribution in [3.8, 4) is 0 Å². The molecule has 1 fully saturated rings. The Morgan fingerprint density at radius 3 is 2.92 bits per heavy atom. The molecule has 1 heterocycles. The minimum Gasteiger partial charge on any atom is -0.389 e. The van der Waals surface area contributed by atoms with Crippen LogP contribution in [0.15, 0.2) is 23.8 Å². The van der Waals surface area contributed by atoms with E-state index in [1.807, 2.05) is 0 Å². The quantitative estimate of drug-likeness (QED) is 0.213. The molecule has 1 saturated heterocycles. The van der Waals surface area contributed by atoms with E-state index < -0.39 is 23.6 Å². The van der Waals surface area contributed by atoms with Gasteiger partial charge in [-0.3, -0.25) is 10.5 Å². The van der Waals surface area contributed by atoms with E-state index in [0.29, 0.717) is 0 Å². The lowest BCUT2D eigenvalue weighted by atomic mass is 9.92. The molecule has 2 unspecified atom stereocenters. The molecule has 13 heavy (non-hydrogen) atoms. The molecule has 0 amide bonds. The highest BCUT2D eigenvalue weighted by molar-refractivity contribution is 6.08. The van der Waals surface area contributed by atoms with E-state index in [-0.39, 0.29) is 5.57 Å². The first-order valence-corrected chi connectivity index (χ1v) is 3.69. The van der Waals surface area contributed by atoms with Crippen LogP contribution in [-0.2, 0) is 14.3 Å². The lowest BCUT2D eigenvalue weighted by Gasteiger charge is -2.19. The predicted molar refractivity (Wildman–Crippen MR) is 40.9 cm³/mol. The summed E-state index contributed by atoms with van der Waals surface area (Å²) in [6.07, 6.45) is 3.74. The number of carbonyl (C=O) groups excluding carboxylic acids is 2. The van der Waals surface area contributed by atoms with Crippen molar-refractivity contribution in [3.63, 3.8) is 0 Å². The van der Waals surface area contributed by atoms with Gasteiger partial charge in [0, 0.05) is 0 Å². The molecular formula is C8H7NO4. The molecule has 0 aromatic heterocycles. The zero-order chi connectivity index (χ0) is 9.64. The number of hydrogen-bond donors (Lipinski definition) is 2. The Labute approximate surface area is 73.5 Å². The summed E-state index contributed by atoms with van der Waals surface area (Å²) in [5.41, 5.74) is 3.77. The fourth-order valence-corrected chi connectivity index (χ4v) is 1.35. The number of aliphatic hydroxyl groups is 1. The number of rotatable bonds is 0. The summed E-state index contributed by atoms with van der Waals surface area (Å²) in [5.74, 6) is -2.05. The molecule has 2 atom stereocenters. The molecule has 0 spiro atoms. The number of nitrogens with two attached hydrogens (primary N) is 1. The fraction of sp³-hybridized carbons (Fsp3) is 0.250. The Morgan fingerprint density at radius 1 is 1.54 bits per heavy atom. The van der Waals surface area contributed by atoms with Crippen LogP contribution in [0.1, 0.15) is 0 Å². The summed E-state index contributed by atoms with van der Waals surface area (Å²) in [4.78, 5) is 22.0. The second-order valence-corrected chi connectivity index (χ2v) is 3.03. The van der Waals surface area contributed by atoms with E-state index in [1.54, 1.807) is 0 Å². The van der Waals surface area contributed by atoms with Gasteiger partial charge in [-0.1, -0.05) is 6.08 Å².